The molecule has 1 aliphatic carbocycles. The molecule has 3 aromatic rings. The van der Waals surface area contributed by atoms with Crippen LogP contribution in [0.25, 0.3) is 11.0 Å². The zero-order valence-electron chi connectivity index (χ0n) is 22.7. The number of aryl methyl sites for hydroxylation is 2. The van der Waals surface area contributed by atoms with Gasteiger partial charge in [-0.15, -0.1) is 0 Å². The quantitative estimate of drug-likeness (QED) is 0.467. The molecule has 1 aromatic carbocycles. The molecule has 1 saturated carbocycles. The zero-order valence-corrected chi connectivity index (χ0v) is 22.7. The maximum Gasteiger partial charge on any atom is 0.270 e. The minimum atomic E-state index is -0.371. The van der Waals surface area contributed by atoms with Crippen molar-refractivity contribution in [3.63, 3.8) is 0 Å². The number of nitrogens with zero attached hydrogens (tertiary/aromatic N) is 6. The van der Waals surface area contributed by atoms with Crippen LogP contribution in [0.15, 0.2) is 35.1 Å². The van der Waals surface area contributed by atoms with E-state index in [1.807, 2.05) is 24.9 Å². The summed E-state index contributed by atoms with van der Waals surface area (Å²) in [5, 5.41) is 19.4. The highest BCUT2D eigenvalue weighted by Crippen LogP contribution is 2.36. The summed E-state index contributed by atoms with van der Waals surface area (Å²) in [4.78, 5) is 22.0. The Kier molecular flexibility index (Phi) is 7.54. The Hall–Kier alpha value is -3.95. The third-order valence-corrected chi connectivity index (χ3v) is 8.40. The molecule has 0 unspecified atom stereocenters. The third-order valence-electron chi connectivity index (χ3n) is 8.40. The molecule has 202 valence electrons. The molecule has 8 nitrogen and oxygen atoms in total. The molecular weight excluding hydrogens is 495 g/mol. The standard InChI is InChI=1S/C30H33FN6O2/c1-19-14-21(31)4-10-26(19)37(17-20-12-13-39-18-20)24-8-6-23(7-9-24)35(2)29-25(16-33)30(38)36(3)27-11-5-22(15-32)34-28(27)29/h4-5,10-11,14,20,23-24H,6-9,12-13,17-18H2,1-3H3/t20-,23?,24?/m0/s1. The van der Waals surface area contributed by atoms with Gasteiger partial charge in [0.05, 0.1) is 17.8 Å². The molecule has 39 heavy (non-hydrogen) atoms. The van der Waals surface area contributed by atoms with Crippen molar-refractivity contribution in [1.82, 2.24) is 9.55 Å². The Bertz CT molecular complexity index is 1520. The van der Waals surface area contributed by atoms with Gasteiger partial charge in [0.1, 0.15) is 34.7 Å². The maximum atomic E-state index is 13.9. The fourth-order valence-corrected chi connectivity index (χ4v) is 6.23. The molecule has 0 N–H and O–H groups in total. The lowest BCUT2D eigenvalue weighted by Gasteiger charge is -2.42. The predicted octanol–water partition coefficient (Wildman–Crippen LogP) is 4.41. The van der Waals surface area contributed by atoms with Gasteiger partial charge in [0.15, 0.2) is 0 Å². The van der Waals surface area contributed by atoms with Crippen molar-refractivity contribution >= 4 is 22.4 Å². The van der Waals surface area contributed by atoms with E-state index in [2.05, 4.69) is 22.0 Å². The van der Waals surface area contributed by atoms with Crippen LogP contribution in [0.4, 0.5) is 15.8 Å². The summed E-state index contributed by atoms with van der Waals surface area (Å²) in [5.74, 6) is 0.216. The topological polar surface area (TPSA) is 98.2 Å². The van der Waals surface area contributed by atoms with Crippen LogP contribution < -0.4 is 15.4 Å². The van der Waals surface area contributed by atoms with E-state index in [1.165, 1.54) is 10.6 Å². The van der Waals surface area contributed by atoms with Crippen LogP contribution in [0, 0.1) is 41.3 Å². The molecule has 0 spiro atoms. The highest BCUT2D eigenvalue weighted by molar-refractivity contribution is 5.92. The molecule has 1 saturated heterocycles. The van der Waals surface area contributed by atoms with E-state index < -0.39 is 0 Å². The number of aromatic nitrogens is 2. The van der Waals surface area contributed by atoms with E-state index >= 15 is 0 Å². The summed E-state index contributed by atoms with van der Waals surface area (Å²) in [6, 6.07) is 12.9. The second-order valence-electron chi connectivity index (χ2n) is 10.8. The lowest BCUT2D eigenvalue weighted by Crippen LogP contribution is -2.45. The largest absolute Gasteiger partial charge is 0.381 e. The molecule has 9 heteroatoms. The number of halogens is 1. The molecule has 1 atom stereocenters. The number of hydrogen-bond acceptors (Lipinski definition) is 7. The molecule has 0 amide bonds. The fourth-order valence-electron chi connectivity index (χ4n) is 6.23. The zero-order chi connectivity index (χ0) is 27.7. The van der Waals surface area contributed by atoms with Gasteiger partial charge in [-0.05, 0) is 74.9 Å². The molecule has 2 aromatic heterocycles. The second kappa shape index (κ2) is 11.0. The molecule has 1 aliphatic heterocycles. The summed E-state index contributed by atoms with van der Waals surface area (Å²) >= 11 is 0. The van der Waals surface area contributed by atoms with Crippen LogP contribution in [0.3, 0.4) is 0 Å². The minimum Gasteiger partial charge on any atom is -0.381 e. The first-order valence-corrected chi connectivity index (χ1v) is 13.5. The van der Waals surface area contributed by atoms with E-state index in [9.17, 15) is 19.7 Å². The number of pyridine rings is 2. The van der Waals surface area contributed by atoms with E-state index in [-0.39, 0.29) is 28.7 Å². The molecule has 2 aliphatic rings. The number of anilines is 2. The van der Waals surface area contributed by atoms with Gasteiger partial charge in [0.2, 0.25) is 0 Å². The van der Waals surface area contributed by atoms with E-state index in [0.717, 1.165) is 63.1 Å². The average molecular weight is 529 g/mol. The van der Waals surface area contributed by atoms with Crippen molar-refractivity contribution in [3.8, 4) is 12.1 Å². The van der Waals surface area contributed by atoms with Gasteiger partial charge in [0.25, 0.3) is 5.56 Å². The molecule has 5 rings (SSSR count). The van der Waals surface area contributed by atoms with E-state index in [1.54, 1.807) is 25.2 Å². The number of rotatable bonds is 6. The summed E-state index contributed by atoms with van der Waals surface area (Å²) in [6.45, 7) is 4.37. The van der Waals surface area contributed by atoms with Gasteiger partial charge < -0.3 is 19.1 Å². The molecule has 0 bridgehead atoms. The fraction of sp³-hybridized carbons (Fsp3) is 0.467. The lowest BCUT2D eigenvalue weighted by atomic mass is 9.87. The third kappa shape index (κ3) is 5.07. The van der Waals surface area contributed by atoms with Gasteiger partial charge in [-0.2, -0.15) is 10.5 Å². The summed E-state index contributed by atoms with van der Waals surface area (Å²) in [6.07, 6.45) is 4.58. The van der Waals surface area contributed by atoms with E-state index in [0.29, 0.717) is 28.7 Å². The number of hydrogen-bond donors (Lipinski definition) is 0. The smallest absolute Gasteiger partial charge is 0.270 e. The Morgan fingerprint density at radius 2 is 1.85 bits per heavy atom. The van der Waals surface area contributed by atoms with Crippen LogP contribution >= 0.6 is 0 Å². The average Bonchev–Trinajstić information content (AvgIpc) is 3.46. The van der Waals surface area contributed by atoms with Crippen LogP contribution in [-0.4, -0.2) is 48.4 Å². The Morgan fingerprint density at radius 1 is 1.10 bits per heavy atom. The summed E-state index contributed by atoms with van der Waals surface area (Å²) in [7, 11) is 3.54. The van der Waals surface area contributed by atoms with Crippen LogP contribution in [0.1, 0.15) is 48.9 Å². The highest BCUT2D eigenvalue weighted by atomic mass is 19.1. The van der Waals surface area contributed by atoms with Gasteiger partial charge in [0, 0.05) is 50.9 Å². The Morgan fingerprint density at radius 3 is 2.49 bits per heavy atom. The number of fused-ring (bicyclic) bond motifs is 1. The predicted molar refractivity (Wildman–Crippen MR) is 148 cm³/mol. The monoisotopic (exact) mass is 528 g/mol. The maximum absolute atomic E-state index is 13.9. The van der Waals surface area contributed by atoms with Crippen molar-refractivity contribution in [3.05, 3.63) is 63.3 Å². The summed E-state index contributed by atoms with van der Waals surface area (Å²) < 4.78 is 21.0. The Balaban J connectivity index is 1.43. The van der Waals surface area contributed by atoms with Gasteiger partial charge in [-0.1, -0.05) is 0 Å². The number of ether oxygens (including phenoxy) is 1. The Labute approximate surface area is 227 Å². The van der Waals surface area contributed by atoms with Gasteiger partial charge in [-0.25, -0.2) is 9.37 Å². The van der Waals surface area contributed by atoms with Crippen LogP contribution in [0.5, 0.6) is 0 Å². The highest BCUT2D eigenvalue weighted by Gasteiger charge is 2.33. The number of benzene rings is 1. The molecule has 2 fully saturated rings. The summed E-state index contributed by atoms with van der Waals surface area (Å²) in [5.41, 5.74) is 3.48. The van der Waals surface area contributed by atoms with Crippen LogP contribution in [-0.2, 0) is 11.8 Å². The molecular formula is C30H33FN6O2. The van der Waals surface area contributed by atoms with E-state index in [4.69, 9.17) is 4.74 Å². The number of nitriles is 2. The first kappa shape index (κ1) is 26.6. The van der Waals surface area contributed by atoms with Crippen LogP contribution in [0.2, 0.25) is 0 Å². The van der Waals surface area contributed by atoms with Gasteiger partial charge >= 0.3 is 0 Å². The van der Waals surface area contributed by atoms with Crippen molar-refractivity contribution in [2.75, 3.05) is 36.6 Å². The van der Waals surface area contributed by atoms with Crippen molar-refractivity contribution in [1.29, 1.82) is 10.5 Å². The minimum absolute atomic E-state index is 0.0435. The lowest BCUT2D eigenvalue weighted by molar-refractivity contribution is 0.185. The second-order valence-corrected chi connectivity index (χ2v) is 10.8. The first-order chi connectivity index (χ1) is 18.8. The SMILES string of the molecule is Cc1cc(F)ccc1N(C[C@@H]1CCOC1)C1CCC(N(C)c2c(C#N)c(=O)n(C)c3ccc(C#N)nc23)CC1. The van der Waals surface area contributed by atoms with Crippen molar-refractivity contribution in [2.24, 2.45) is 13.0 Å². The van der Waals surface area contributed by atoms with Crippen molar-refractivity contribution < 1.29 is 9.13 Å². The normalized spacial score (nSPS) is 20.9. The molecule has 3 heterocycles. The molecule has 0 radical (unpaired) electrons. The van der Waals surface area contributed by atoms with Gasteiger partial charge in [-0.3, -0.25) is 4.79 Å². The van der Waals surface area contributed by atoms with Crippen molar-refractivity contribution in [2.45, 2.75) is 51.1 Å². The first-order valence-electron chi connectivity index (χ1n) is 13.5.